The molecule has 0 aromatic carbocycles. The van der Waals surface area contributed by atoms with Gasteiger partial charge in [0.15, 0.2) is 0 Å². The van der Waals surface area contributed by atoms with Crippen molar-refractivity contribution in [3.8, 4) is 0 Å². The minimum Gasteiger partial charge on any atom is -0.302 e. The maximum absolute atomic E-state index is 10.2. The molecule has 52 valence electrons. The Hall–Kier alpha value is -0.0600. The molecule has 4 heteroatoms. The third-order valence-corrected chi connectivity index (χ3v) is 2.28. The molecule has 0 spiro atoms. The average molecular weight is 146 g/mol. The van der Waals surface area contributed by atoms with Gasteiger partial charge in [0, 0.05) is 18.8 Å². The molecule has 3 nitrogen and oxygen atoms in total. The van der Waals surface area contributed by atoms with Crippen molar-refractivity contribution in [2.75, 3.05) is 18.8 Å². The Labute approximate surface area is 58.5 Å². The van der Waals surface area contributed by atoms with Gasteiger partial charge in [0.1, 0.15) is 6.29 Å². The molecule has 0 radical (unpaired) electrons. The van der Waals surface area contributed by atoms with Crippen LogP contribution in [-0.4, -0.2) is 30.4 Å². The van der Waals surface area contributed by atoms with E-state index < -0.39 is 0 Å². The van der Waals surface area contributed by atoms with Gasteiger partial charge < -0.3 is 4.79 Å². The highest BCUT2D eigenvalue weighted by molar-refractivity contribution is 8.00. The molecule has 1 aliphatic rings. The fraction of sp³-hybridized carbons (Fsp3) is 0.800. The Balaban J connectivity index is 2.26. The maximum atomic E-state index is 10.2. The number of rotatable bonds is 1. The maximum Gasteiger partial charge on any atom is 0.134 e. The summed E-state index contributed by atoms with van der Waals surface area (Å²) in [6.07, 6.45) is 0.991. The van der Waals surface area contributed by atoms with Gasteiger partial charge >= 0.3 is 0 Å². The van der Waals surface area contributed by atoms with Crippen molar-refractivity contribution in [1.82, 2.24) is 10.9 Å². The normalized spacial score (nSPS) is 29.1. The topological polar surface area (TPSA) is 41.1 Å². The predicted molar refractivity (Wildman–Crippen MR) is 38.3 cm³/mol. The molecule has 0 aromatic heterocycles. The molecule has 1 heterocycles. The molecule has 0 bridgehead atoms. The number of hydrogen-bond acceptors (Lipinski definition) is 4. The van der Waals surface area contributed by atoms with Gasteiger partial charge in [-0.25, -0.2) is 0 Å². The Bertz CT molecular complexity index is 91.0. The summed E-state index contributed by atoms with van der Waals surface area (Å²) >= 11 is 1.69. The van der Waals surface area contributed by atoms with Gasteiger partial charge in [-0.2, -0.15) is 0 Å². The first-order valence-electron chi connectivity index (χ1n) is 2.96. The minimum absolute atomic E-state index is 0.139. The van der Waals surface area contributed by atoms with Gasteiger partial charge in [-0.3, -0.25) is 10.9 Å². The quantitative estimate of drug-likeness (QED) is 0.484. The van der Waals surface area contributed by atoms with Crippen LogP contribution in [0.3, 0.4) is 0 Å². The highest BCUT2D eigenvalue weighted by Crippen LogP contribution is 2.07. The average Bonchev–Trinajstić information content (AvgIpc) is 2.13. The van der Waals surface area contributed by atoms with Gasteiger partial charge in [-0.15, -0.1) is 11.8 Å². The lowest BCUT2D eigenvalue weighted by atomic mass is 10.5. The number of carbonyl (C=O) groups excluding carboxylic acids is 1. The third kappa shape index (κ3) is 2.34. The third-order valence-electron chi connectivity index (χ3n) is 1.14. The largest absolute Gasteiger partial charge is 0.302 e. The summed E-state index contributed by atoms with van der Waals surface area (Å²) in [4.78, 5) is 10.2. The molecule has 0 amide bonds. The summed E-state index contributed by atoms with van der Waals surface area (Å²) < 4.78 is 0. The summed E-state index contributed by atoms with van der Waals surface area (Å²) in [5.74, 6) is 1.01. The highest BCUT2D eigenvalue weighted by Gasteiger charge is 2.08. The van der Waals surface area contributed by atoms with Gasteiger partial charge in [-0.05, 0) is 0 Å². The fourth-order valence-electron chi connectivity index (χ4n) is 0.669. The van der Waals surface area contributed by atoms with E-state index >= 15 is 0 Å². The molecule has 1 fully saturated rings. The molecule has 1 rings (SSSR count). The number of nitrogens with one attached hydrogen (secondary N) is 2. The van der Waals surface area contributed by atoms with Crippen molar-refractivity contribution in [3.63, 3.8) is 0 Å². The van der Waals surface area contributed by atoms with Gasteiger partial charge in [0.05, 0.1) is 5.25 Å². The van der Waals surface area contributed by atoms with Crippen LogP contribution < -0.4 is 10.9 Å². The van der Waals surface area contributed by atoms with E-state index in [0.717, 1.165) is 25.1 Å². The van der Waals surface area contributed by atoms with Crippen molar-refractivity contribution < 1.29 is 4.79 Å². The fourth-order valence-corrected chi connectivity index (χ4v) is 1.47. The summed E-state index contributed by atoms with van der Waals surface area (Å²) in [6, 6.07) is 0. The molecule has 2 N–H and O–H groups in total. The second kappa shape index (κ2) is 3.87. The minimum atomic E-state index is 0.139. The summed E-state index contributed by atoms with van der Waals surface area (Å²) in [7, 11) is 0. The number of hydrazine groups is 1. The van der Waals surface area contributed by atoms with E-state index in [9.17, 15) is 4.79 Å². The number of hydrogen-bond donors (Lipinski definition) is 2. The molecule has 1 saturated heterocycles. The van der Waals surface area contributed by atoms with E-state index in [0.29, 0.717) is 0 Å². The Morgan fingerprint density at radius 3 is 3.22 bits per heavy atom. The van der Waals surface area contributed by atoms with Crippen LogP contribution in [0.1, 0.15) is 0 Å². The van der Waals surface area contributed by atoms with Gasteiger partial charge in [0.25, 0.3) is 0 Å². The van der Waals surface area contributed by atoms with E-state index in [2.05, 4.69) is 10.9 Å². The van der Waals surface area contributed by atoms with Gasteiger partial charge in [-0.1, -0.05) is 0 Å². The monoisotopic (exact) mass is 146 g/mol. The van der Waals surface area contributed by atoms with Crippen LogP contribution in [0.5, 0.6) is 0 Å². The van der Waals surface area contributed by atoms with E-state index in [1.807, 2.05) is 0 Å². The van der Waals surface area contributed by atoms with E-state index in [1.54, 1.807) is 11.8 Å². The van der Waals surface area contributed by atoms with Crippen molar-refractivity contribution in [2.24, 2.45) is 0 Å². The molecule has 0 aromatic rings. The zero-order valence-electron chi connectivity index (χ0n) is 5.09. The second-order valence-electron chi connectivity index (χ2n) is 1.85. The Morgan fingerprint density at radius 1 is 1.56 bits per heavy atom. The van der Waals surface area contributed by atoms with Crippen LogP contribution >= 0.6 is 11.8 Å². The van der Waals surface area contributed by atoms with Crippen LogP contribution in [-0.2, 0) is 4.79 Å². The van der Waals surface area contributed by atoms with E-state index in [1.165, 1.54) is 0 Å². The SMILES string of the molecule is O=CC1CNNCCS1. The molecular weight excluding hydrogens is 136 g/mol. The molecule has 1 atom stereocenters. The van der Waals surface area contributed by atoms with Crippen LogP contribution in [0.4, 0.5) is 0 Å². The zero-order chi connectivity index (χ0) is 6.53. The first kappa shape index (κ1) is 7.05. The molecule has 1 unspecified atom stereocenters. The first-order valence-corrected chi connectivity index (χ1v) is 4.01. The summed E-state index contributed by atoms with van der Waals surface area (Å²) in [5, 5.41) is 0.139. The number of aldehydes is 1. The molecular formula is C5H10N2OS. The van der Waals surface area contributed by atoms with Crippen molar-refractivity contribution in [1.29, 1.82) is 0 Å². The lowest BCUT2D eigenvalue weighted by Gasteiger charge is -2.02. The van der Waals surface area contributed by atoms with Crippen LogP contribution in [0.2, 0.25) is 0 Å². The number of thioether (sulfide) groups is 1. The Morgan fingerprint density at radius 2 is 2.44 bits per heavy atom. The molecule has 9 heavy (non-hydrogen) atoms. The van der Waals surface area contributed by atoms with Crippen molar-refractivity contribution >= 4 is 18.0 Å². The van der Waals surface area contributed by atoms with Crippen LogP contribution in [0.15, 0.2) is 0 Å². The van der Waals surface area contributed by atoms with Crippen LogP contribution in [0, 0.1) is 0 Å². The van der Waals surface area contributed by atoms with Gasteiger partial charge in [0.2, 0.25) is 0 Å². The lowest BCUT2D eigenvalue weighted by Crippen LogP contribution is -2.34. The van der Waals surface area contributed by atoms with Crippen molar-refractivity contribution in [2.45, 2.75) is 5.25 Å². The molecule has 1 aliphatic heterocycles. The first-order chi connectivity index (χ1) is 4.43. The van der Waals surface area contributed by atoms with Crippen LogP contribution in [0.25, 0.3) is 0 Å². The lowest BCUT2D eigenvalue weighted by molar-refractivity contribution is -0.107. The second-order valence-corrected chi connectivity index (χ2v) is 3.20. The summed E-state index contributed by atoms with van der Waals surface area (Å²) in [5.41, 5.74) is 5.93. The zero-order valence-corrected chi connectivity index (χ0v) is 5.91. The van der Waals surface area contributed by atoms with E-state index in [-0.39, 0.29) is 5.25 Å². The van der Waals surface area contributed by atoms with E-state index in [4.69, 9.17) is 0 Å². The summed E-state index contributed by atoms with van der Waals surface area (Å²) in [6.45, 7) is 1.68. The smallest absolute Gasteiger partial charge is 0.134 e. The van der Waals surface area contributed by atoms with Crippen molar-refractivity contribution in [3.05, 3.63) is 0 Å². The Kier molecular flexibility index (Phi) is 3.03. The molecule has 0 aliphatic carbocycles. The molecule has 0 saturated carbocycles. The highest BCUT2D eigenvalue weighted by atomic mass is 32.2. The standard InChI is InChI=1S/C5H10N2OS/c8-4-5-3-7-6-1-2-9-5/h4-7H,1-3H2. The number of carbonyl (C=O) groups is 1. The predicted octanol–water partition coefficient (Wildman–Crippen LogP) is -0.605.